The van der Waals surface area contributed by atoms with Crippen LogP contribution in [0.15, 0.2) is 64.4 Å². The number of likely N-dealkylation sites (N-methyl/N-ethyl adjacent to an activating group) is 1. The van der Waals surface area contributed by atoms with E-state index in [-0.39, 0.29) is 53.3 Å². The van der Waals surface area contributed by atoms with Gasteiger partial charge in [-0.2, -0.15) is 4.31 Å². The van der Waals surface area contributed by atoms with Crippen LogP contribution in [0.25, 0.3) is 0 Å². The van der Waals surface area contributed by atoms with Gasteiger partial charge >= 0.3 is 0 Å². The summed E-state index contributed by atoms with van der Waals surface area (Å²) in [4.78, 5) is 32.7. The third-order valence-corrected chi connectivity index (χ3v) is 11.0. The number of fused-ring (bicyclic) bond motifs is 1. The van der Waals surface area contributed by atoms with Crippen LogP contribution in [0.5, 0.6) is 5.75 Å². The number of benzene rings is 1. The highest BCUT2D eigenvalue weighted by atomic mass is 32.2. The number of aromatic nitrogens is 1. The molecule has 4 atom stereocenters. The molecule has 1 aromatic carbocycles. The minimum Gasteiger partial charge on any atom is -0.490 e. The number of pyridine rings is 1. The first-order chi connectivity index (χ1) is 21.5. The van der Waals surface area contributed by atoms with Gasteiger partial charge in [0.25, 0.3) is 21.8 Å². The third-order valence-electron chi connectivity index (χ3n) is 7.85. The average Bonchev–Trinajstić information content (AvgIpc) is 3.59. The van der Waals surface area contributed by atoms with E-state index in [1.54, 1.807) is 59.7 Å². The minimum atomic E-state index is -3.71. The van der Waals surface area contributed by atoms with E-state index >= 15 is 0 Å². The first-order valence-corrected chi connectivity index (χ1v) is 17.4. The molecule has 2 aromatic heterocycles. The normalized spacial score (nSPS) is 21.0. The second-order valence-corrected chi connectivity index (χ2v) is 14.6. The summed E-state index contributed by atoms with van der Waals surface area (Å²) in [5.41, 5.74) is 1.07. The number of nitrogens with zero attached hydrogens (tertiary/aromatic N) is 3. The first kappa shape index (κ1) is 34.5. The van der Waals surface area contributed by atoms with Crippen molar-refractivity contribution >= 4 is 38.9 Å². The molecule has 3 heterocycles. The highest BCUT2D eigenvalue weighted by Crippen LogP contribution is 2.29. The van der Waals surface area contributed by atoms with E-state index in [2.05, 4.69) is 10.3 Å². The summed E-state index contributed by atoms with van der Waals surface area (Å²) in [7, 11) is -2.18. The van der Waals surface area contributed by atoms with Crippen molar-refractivity contribution in [3.05, 3.63) is 71.4 Å². The summed E-state index contributed by atoms with van der Waals surface area (Å²) < 4.78 is 40.5. The van der Waals surface area contributed by atoms with Crippen LogP contribution < -0.4 is 10.1 Å². The van der Waals surface area contributed by atoms with Gasteiger partial charge in [-0.3, -0.25) is 14.6 Å². The summed E-state index contributed by atoms with van der Waals surface area (Å²) in [5, 5.41) is 14.7. The van der Waals surface area contributed by atoms with Gasteiger partial charge in [-0.1, -0.05) is 13.0 Å². The molecule has 0 spiro atoms. The highest BCUT2D eigenvalue weighted by molar-refractivity contribution is 7.91. The van der Waals surface area contributed by atoms with E-state index in [1.807, 2.05) is 13.8 Å². The number of aliphatic hydroxyl groups is 1. The predicted octanol–water partition coefficient (Wildman–Crippen LogP) is 4.51. The van der Waals surface area contributed by atoms with Crippen LogP contribution in [0.1, 0.15) is 60.7 Å². The van der Waals surface area contributed by atoms with Crippen molar-refractivity contribution in [2.45, 2.75) is 62.5 Å². The highest BCUT2D eigenvalue weighted by Gasteiger charge is 2.32. The van der Waals surface area contributed by atoms with Crippen LogP contribution in [-0.4, -0.2) is 91.1 Å². The summed E-state index contributed by atoms with van der Waals surface area (Å²) >= 11 is 1.16. The molecule has 0 fully saturated rings. The van der Waals surface area contributed by atoms with Gasteiger partial charge in [0.2, 0.25) is 0 Å². The molecule has 13 heteroatoms. The number of carbonyl (C=O) groups is 2. The summed E-state index contributed by atoms with van der Waals surface area (Å²) in [6, 6.07) is 10.9. The first-order valence-electron chi connectivity index (χ1n) is 15.1. The monoisotopic (exact) mass is 658 g/mol. The molecule has 2 amide bonds. The number of rotatable bonds is 8. The smallest absolute Gasteiger partial charge is 0.258 e. The lowest BCUT2D eigenvalue weighted by Gasteiger charge is -2.35. The van der Waals surface area contributed by atoms with Gasteiger partial charge in [0.05, 0.1) is 30.4 Å². The fourth-order valence-electron chi connectivity index (χ4n) is 5.08. The van der Waals surface area contributed by atoms with Crippen molar-refractivity contribution < 1.29 is 32.6 Å². The van der Waals surface area contributed by atoms with Gasteiger partial charge in [-0.25, -0.2) is 8.42 Å². The Bertz CT molecular complexity index is 1520. The number of thiophene rings is 1. The molecule has 4 rings (SSSR count). The fraction of sp³-hybridized carbons (Fsp3) is 0.469. The van der Waals surface area contributed by atoms with Crippen LogP contribution in [0.3, 0.4) is 0 Å². The molecule has 3 aromatic rings. The fourth-order valence-corrected chi connectivity index (χ4v) is 7.47. The zero-order valence-electron chi connectivity index (χ0n) is 26.1. The van der Waals surface area contributed by atoms with Crippen LogP contribution in [-0.2, 0) is 14.8 Å². The van der Waals surface area contributed by atoms with E-state index in [1.165, 1.54) is 23.7 Å². The number of aliphatic hydroxyl groups excluding tert-OH is 1. The summed E-state index contributed by atoms with van der Waals surface area (Å²) in [6.07, 6.45) is 4.59. The van der Waals surface area contributed by atoms with Crippen LogP contribution in [0, 0.1) is 5.92 Å². The number of carbonyl (C=O) groups excluding carboxylic acids is 2. The zero-order valence-corrected chi connectivity index (χ0v) is 27.7. The standard InChI is InChI=1S/C32H42N4O7S2/c1-22-19-36(23(2)21-37)32(39)27-18-26(34-31(38)25-12-14-33-15-13-25)10-11-28(27)43-24(3)8-5-6-16-42-29(22)20-35(4)45(40,41)30-9-7-17-44-30/h7,9-15,17-18,22-24,29,37H,5-6,8,16,19-21H2,1-4H3,(H,34,38)/t22-,23-,24+,29-/m1/s1. The third kappa shape index (κ3) is 8.88. The Labute approximate surface area is 269 Å². The van der Waals surface area contributed by atoms with Crippen molar-refractivity contribution in [3.63, 3.8) is 0 Å². The van der Waals surface area contributed by atoms with Crippen molar-refractivity contribution in [2.24, 2.45) is 5.92 Å². The van der Waals surface area contributed by atoms with Crippen molar-refractivity contribution in [1.29, 1.82) is 0 Å². The van der Waals surface area contributed by atoms with Crippen molar-refractivity contribution in [3.8, 4) is 5.75 Å². The lowest BCUT2D eigenvalue weighted by molar-refractivity contribution is -0.00832. The number of sulfonamides is 1. The molecule has 11 nitrogen and oxygen atoms in total. The molecular weight excluding hydrogens is 617 g/mol. The summed E-state index contributed by atoms with van der Waals surface area (Å²) in [6.45, 7) is 6.01. The Morgan fingerprint density at radius 1 is 1.20 bits per heavy atom. The molecule has 0 bridgehead atoms. The number of ether oxygens (including phenoxy) is 2. The molecule has 2 N–H and O–H groups in total. The van der Waals surface area contributed by atoms with E-state index in [0.29, 0.717) is 30.0 Å². The van der Waals surface area contributed by atoms with Gasteiger partial charge in [0.1, 0.15) is 9.96 Å². The lowest BCUT2D eigenvalue weighted by atomic mass is 10.0. The van der Waals surface area contributed by atoms with E-state index in [4.69, 9.17) is 9.47 Å². The van der Waals surface area contributed by atoms with Crippen LogP contribution >= 0.6 is 11.3 Å². The van der Waals surface area contributed by atoms with E-state index in [0.717, 1.165) is 24.2 Å². The SMILES string of the molecule is C[C@@H]1CN([C@H](C)CO)C(=O)c2cc(NC(=O)c3ccncc3)ccc2O[C@@H](C)CCCCO[C@@H]1CN(C)S(=O)(=O)c1cccs1. The van der Waals surface area contributed by atoms with Crippen LogP contribution in [0.4, 0.5) is 5.69 Å². The topological polar surface area (TPSA) is 138 Å². The Balaban J connectivity index is 1.65. The molecule has 0 aliphatic carbocycles. The summed E-state index contributed by atoms with van der Waals surface area (Å²) in [5.74, 6) is -0.662. The lowest BCUT2D eigenvalue weighted by Crippen LogP contribution is -2.48. The van der Waals surface area contributed by atoms with Gasteiger partial charge in [-0.05, 0) is 74.9 Å². The Morgan fingerprint density at radius 2 is 1.96 bits per heavy atom. The molecule has 0 saturated carbocycles. The Hall–Kier alpha value is -3.36. The number of amides is 2. The van der Waals surface area contributed by atoms with Gasteiger partial charge in [0, 0.05) is 56.3 Å². The van der Waals surface area contributed by atoms with Crippen LogP contribution in [0.2, 0.25) is 0 Å². The van der Waals surface area contributed by atoms with Gasteiger partial charge in [-0.15, -0.1) is 11.3 Å². The molecule has 0 saturated heterocycles. The molecule has 45 heavy (non-hydrogen) atoms. The molecule has 1 aliphatic heterocycles. The maximum atomic E-state index is 14.3. The molecule has 244 valence electrons. The number of hydrogen-bond acceptors (Lipinski definition) is 9. The van der Waals surface area contributed by atoms with E-state index in [9.17, 15) is 23.1 Å². The molecule has 0 unspecified atom stereocenters. The molecule has 0 radical (unpaired) electrons. The maximum absolute atomic E-state index is 14.3. The second kappa shape index (κ2) is 15.8. The van der Waals surface area contributed by atoms with Crippen molar-refractivity contribution in [1.82, 2.24) is 14.2 Å². The Morgan fingerprint density at radius 3 is 2.64 bits per heavy atom. The van der Waals surface area contributed by atoms with Gasteiger partial charge in [0.15, 0.2) is 0 Å². The zero-order chi connectivity index (χ0) is 32.6. The van der Waals surface area contributed by atoms with E-state index < -0.39 is 22.2 Å². The average molecular weight is 659 g/mol. The largest absolute Gasteiger partial charge is 0.490 e. The molecule has 1 aliphatic rings. The number of anilines is 1. The number of nitrogens with one attached hydrogen (secondary N) is 1. The Kier molecular flexibility index (Phi) is 12.1. The maximum Gasteiger partial charge on any atom is 0.258 e. The predicted molar refractivity (Wildman–Crippen MR) is 173 cm³/mol. The van der Waals surface area contributed by atoms with Crippen molar-refractivity contribution in [2.75, 3.05) is 38.7 Å². The molecular formula is C32H42N4O7S2. The quantitative estimate of drug-likeness (QED) is 0.361. The van der Waals surface area contributed by atoms with Gasteiger partial charge < -0.3 is 24.8 Å². The second-order valence-electron chi connectivity index (χ2n) is 11.4. The number of hydrogen-bond donors (Lipinski definition) is 2. The minimum absolute atomic E-state index is 0.0955.